The van der Waals surface area contributed by atoms with Crippen LogP contribution in [0.1, 0.15) is 24.5 Å². The van der Waals surface area contributed by atoms with Gasteiger partial charge in [0.2, 0.25) is 17.5 Å². The first-order valence-corrected chi connectivity index (χ1v) is 11.5. The van der Waals surface area contributed by atoms with E-state index in [4.69, 9.17) is 9.26 Å². The summed E-state index contributed by atoms with van der Waals surface area (Å²) in [5.41, 5.74) is 1.56. The molecule has 168 valence electrons. The van der Waals surface area contributed by atoms with Crippen molar-refractivity contribution in [1.82, 2.24) is 29.3 Å². The Balaban J connectivity index is 1.53. The molecule has 5 rings (SSSR count). The predicted molar refractivity (Wildman–Crippen MR) is 125 cm³/mol. The smallest absolute Gasteiger partial charge is 0.262 e. The molecule has 0 aliphatic carbocycles. The van der Waals surface area contributed by atoms with E-state index in [1.807, 2.05) is 65.9 Å². The van der Waals surface area contributed by atoms with Crippen LogP contribution in [0, 0.1) is 0 Å². The summed E-state index contributed by atoms with van der Waals surface area (Å²) in [6, 6.07) is 17.2. The molecule has 0 radical (unpaired) electrons. The summed E-state index contributed by atoms with van der Waals surface area (Å²) in [4.78, 5) is 17.7. The molecule has 3 aromatic heterocycles. The number of ether oxygens (including phenoxy) is 1. The fraction of sp³-hybridized carbons (Fsp3) is 0.261. The van der Waals surface area contributed by atoms with Crippen LogP contribution in [0.4, 0.5) is 0 Å². The van der Waals surface area contributed by atoms with Gasteiger partial charge in [-0.25, -0.2) is 0 Å². The van der Waals surface area contributed by atoms with Gasteiger partial charge in [-0.1, -0.05) is 59.4 Å². The van der Waals surface area contributed by atoms with E-state index in [2.05, 4.69) is 20.3 Å². The Morgan fingerprint density at radius 1 is 1.09 bits per heavy atom. The molecule has 1 atom stereocenters. The van der Waals surface area contributed by atoms with Gasteiger partial charge in [-0.05, 0) is 25.5 Å². The number of aromatic nitrogens is 6. The molecule has 0 spiro atoms. The molecule has 0 aliphatic heterocycles. The minimum atomic E-state index is -0.171. The molecule has 0 saturated heterocycles. The van der Waals surface area contributed by atoms with Gasteiger partial charge in [-0.2, -0.15) is 4.98 Å². The van der Waals surface area contributed by atoms with Gasteiger partial charge in [-0.3, -0.25) is 13.8 Å². The first-order valence-electron chi connectivity index (χ1n) is 10.6. The SMILES string of the molecule is COCCCn1c(=O)c2ccccc2n2c(SC(C)c3nc(-c4ccccc4)no3)nnc12. The maximum Gasteiger partial charge on any atom is 0.262 e. The normalized spacial score (nSPS) is 12.5. The Labute approximate surface area is 193 Å². The number of rotatable bonds is 8. The molecular formula is C23H22N6O3S. The highest BCUT2D eigenvalue weighted by Crippen LogP contribution is 2.34. The Morgan fingerprint density at radius 2 is 1.88 bits per heavy atom. The number of nitrogens with zero attached hydrogens (tertiary/aromatic N) is 6. The number of benzene rings is 2. The third kappa shape index (κ3) is 4.03. The lowest BCUT2D eigenvalue weighted by atomic mass is 10.2. The maximum atomic E-state index is 13.1. The first kappa shape index (κ1) is 21.4. The van der Waals surface area contributed by atoms with Gasteiger partial charge in [0.15, 0.2) is 5.16 Å². The molecule has 5 aromatic rings. The minimum Gasteiger partial charge on any atom is -0.385 e. The molecule has 0 bridgehead atoms. The second-order valence-corrected chi connectivity index (χ2v) is 8.83. The topological polar surface area (TPSA) is 100 Å². The van der Waals surface area contributed by atoms with Crippen LogP contribution in [0.5, 0.6) is 0 Å². The van der Waals surface area contributed by atoms with Crippen LogP contribution in [0.25, 0.3) is 28.1 Å². The van der Waals surface area contributed by atoms with Crippen LogP contribution in [0.15, 0.2) is 69.1 Å². The van der Waals surface area contributed by atoms with Crippen LogP contribution in [-0.2, 0) is 11.3 Å². The van der Waals surface area contributed by atoms with Crippen LogP contribution in [0.2, 0.25) is 0 Å². The van der Waals surface area contributed by atoms with E-state index in [0.717, 1.165) is 11.1 Å². The fourth-order valence-electron chi connectivity index (χ4n) is 3.69. The van der Waals surface area contributed by atoms with E-state index >= 15 is 0 Å². The highest BCUT2D eigenvalue weighted by Gasteiger charge is 2.22. The van der Waals surface area contributed by atoms with Crippen molar-refractivity contribution in [2.24, 2.45) is 0 Å². The summed E-state index contributed by atoms with van der Waals surface area (Å²) < 4.78 is 14.3. The average molecular weight is 463 g/mol. The molecule has 10 heteroatoms. The van der Waals surface area contributed by atoms with E-state index in [0.29, 0.717) is 47.6 Å². The van der Waals surface area contributed by atoms with Crippen molar-refractivity contribution in [3.8, 4) is 11.4 Å². The van der Waals surface area contributed by atoms with E-state index in [9.17, 15) is 4.79 Å². The van der Waals surface area contributed by atoms with Crippen molar-refractivity contribution >= 4 is 28.4 Å². The lowest BCUT2D eigenvalue weighted by Gasteiger charge is -2.11. The van der Waals surface area contributed by atoms with Crippen molar-refractivity contribution < 1.29 is 9.26 Å². The highest BCUT2D eigenvalue weighted by molar-refractivity contribution is 7.99. The zero-order chi connectivity index (χ0) is 22.8. The zero-order valence-corrected chi connectivity index (χ0v) is 19.0. The monoisotopic (exact) mass is 462 g/mol. The largest absolute Gasteiger partial charge is 0.385 e. The van der Waals surface area contributed by atoms with Crippen molar-refractivity contribution in [3.05, 3.63) is 70.8 Å². The third-order valence-electron chi connectivity index (χ3n) is 5.31. The van der Waals surface area contributed by atoms with Crippen LogP contribution < -0.4 is 5.56 Å². The minimum absolute atomic E-state index is 0.0874. The summed E-state index contributed by atoms with van der Waals surface area (Å²) >= 11 is 1.45. The predicted octanol–water partition coefficient (Wildman–Crippen LogP) is 3.98. The second kappa shape index (κ2) is 9.16. The number of hydrogen-bond acceptors (Lipinski definition) is 8. The number of methoxy groups -OCH3 is 1. The maximum absolute atomic E-state index is 13.1. The first-order chi connectivity index (χ1) is 16.2. The van der Waals surface area contributed by atoms with Crippen molar-refractivity contribution in [3.63, 3.8) is 0 Å². The van der Waals surface area contributed by atoms with Gasteiger partial charge in [0.25, 0.3) is 5.56 Å². The molecule has 1 unspecified atom stereocenters. The molecule has 9 nitrogen and oxygen atoms in total. The number of hydrogen-bond donors (Lipinski definition) is 0. The molecule has 0 saturated carbocycles. The zero-order valence-electron chi connectivity index (χ0n) is 18.2. The number of para-hydroxylation sites is 1. The summed E-state index contributed by atoms with van der Waals surface area (Å²) in [7, 11) is 1.65. The molecule has 0 aliphatic rings. The average Bonchev–Trinajstić information content (AvgIpc) is 3.50. The lowest BCUT2D eigenvalue weighted by molar-refractivity contribution is 0.190. The van der Waals surface area contributed by atoms with Crippen molar-refractivity contribution in [2.45, 2.75) is 30.3 Å². The highest BCUT2D eigenvalue weighted by atomic mass is 32.2. The van der Waals surface area contributed by atoms with Crippen molar-refractivity contribution in [2.75, 3.05) is 13.7 Å². The fourth-order valence-corrected chi connectivity index (χ4v) is 4.58. The Bertz CT molecular complexity index is 1460. The Morgan fingerprint density at radius 3 is 2.70 bits per heavy atom. The van der Waals surface area contributed by atoms with Crippen molar-refractivity contribution in [1.29, 1.82) is 0 Å². The molecule has 0 amide bonds. The van der Waals surface area contributed by atoms with E-state index in [1.54, 1.807) is 11.7 Å². The van der Waals surface area contributed by atoms with Crippen LogP contribution in [-0.4, -0.2) is 43.0 Å². The molecule has 0 fully saturated rings. The summed E-state index contributed by atoms with van der Waals surface area (Å²) in [6.45, 7) is 3.02. The van der Waals surface area contributed by atoms with Gasteiger partial charge in [-0.15, -0.1) is 10.2 Å². The molecular weight excluding hydrogens is 440 g/mol. The van der Waals surface area contributed by atoms with Gasteiger partial charge in [0, 0.05) is 25.8 Å². The summed E-state index contributed by atoms with van der Waals surface area (Å²) in [5, 5.41) is 14.0. The van der Waals surface area contributed by atoms with E-state index in [-0.39, 0.29) is 10.8 Å². The summed E-state index contributed by atoms with van der Waals surface area (Å²) in [5.74, 6) is 1.54. The molecule has 3 heterocycles. The van der Waals surface area contributed by atoms with Crippen LogP contribution >= 0.6 is 11.8 Å². The van der Waals surface area contributed by atoms with E-state index in [1.165, 1.54) is 11.8 Å². The number of aryl methyl sites for hydroxylation is 1. The number of fused-ring (bicyclic) bond motifs is 3. The van der Waals surface area contributed by atoms with Gasteiger partial charge < -0.3 is 9.26 Å². The third-order valence-corrected chi connectivity index (χ3v) is 6.34. The molecule has 2 aromatic carbocycles. The van der Waals surface area contributed by atoms with Crippen LogP contribution in [0.3, 0.4) is 0 Å². The summed E-state index contributed by atoms with van der Waals surface area (Å²) in [6.07, 6.45) is 0.695. The van der Waals surface area contributed by atoms with Gasteiger partial charge in [0.05, 0.1) is 16.2 Å². The number of thioether (sulfide) groups is 1. The molecule has 0 N–H and O–H groups in total. The Hall–Kier alpha value is -3.50. The van der Waals surface area contributed by atoms with Gasteiger partial charge in [0.1, 0.15) is 0 Å². The van der Waals surface area contributed by atoms with E-state index < -0.39 is 0 Å². The quantitative estimate of drug-likeness (QED) is 0.252. The second-order valence-electron chi connectivity index (χ2n) is 7.52. The standard InChI is InChI=1S/C23H22N6O3S/c1-15(20-24-19(27-32-20)16-9-4-3-5-10-16)33-23-26-25-22-28(13-8-14-31-2)21(30)17-11-6-7-12-18(17)29(22)23/h3-7,9-12,15H,8,13-14H2,1-2H3. The van der Waals surface area contributed by atoms with Gasteiger partial charge >= 0.3 is 0 Å². The lowest BCUT2D eigenvalue weighted by Crippen LogP contribution is -2.24. The molecule has 33 heavy (non-hydrogen) atoms. The Kier molecular flexibility index (Phi) is 5.93.